The summed E-state index contributed by atoms with van der Waals surface area (Å²) in [6.07, 6.45) is 6.03. The predicted molar refractivity (Wildman–Crippen MR) is 127 cm³/mol. The van der Waals surface area contributed by atoms with E-state index < -0.39 is 0 Å². The third kappa shape index (κ3) is 4.33. The van der Waals surface area contributed by atoms with Crippen LogP contribution in [0.25, 0.3) is 6.08 Å². The van der Waals surface area contributed by atoms with Crippen LogP contribution in [-0.2, 0) is 5.41 Å². The number of carbonyl (C=O) groups excluding carboxylic acids is 1. The summed E-state index contributed by atoms with van der Waals surface area (Å²) < 4.78 is 27.6. The number of halogens is 2. The Hall–Kier alpha value is -3.31. The Labute approximate surface area is 193 Å². The van der Waals surface area contributed by atoms with E-state index in [4.69, 9.17) is 0 Å². The Morgan fingerprint density at radius 2 is 1.61 bits per heavy atom. The van der Waals surface area contributed by atoms with Crippen molar-refractivity contribution >= 4 is 17.7 Å². The molecule has 1 amide bonds. The number of hydrogen-bond donors (Lipinski definition) is 0. The molecule has 33 heavy (non-hydrogen) atoms. The van der Waals surface area contributed by atoms with Gasteiger partial charge < -0.3 is 4.90 Å². The molecule has 0 N–H and O–H groups in total. The molecule has 0 bridgehead atoms. The molecular weight excluding hydrogens is 418 g/mol. The van der Waals surface area contributed by atoms with Crippen LogP contribution in [0.15, 0.2) is 78.9 Å². The number of benzene rings is 3. The molecule has 2 aliphatic heterocycles. The normalized spacial score (nSPS) is 17.6. The van der Waals surface area contributed by atoms with Crippen molar-refractivity contribution < 1.29 is 13.6 Å². The van der Waals surface area contributed by atoms with E-state index in [2.05, 4.69) is 29.2 Å². The van der Waals surface area contributed by atoms with Crippen LogP contribution in [0.1, 0.15) is 34.3 Å². The van der Waals surface area contributed by atoms with Gasteiger partial charge >= 0.3 is 0 Å². The summed E-state index contributed by atoms with van der Waals surface area (Å²) in [6.45, 7) is 3.15. The number of anilines is 1. The first-order valence-corrected chi connectivity index (χ1v) is 11.4. The Morgan fingerprint density at radius 3 is 2.33 bits per heavy atom. The van der Waals surface area contributed by atoms with Gasteiger partial charge in [-0.2, -0.15) is 0 Å². The van der Waals surface area contributed by atoms with Gasteiger partial charge in [0.25, 0.3) is 5.91 Å². The fourth-order valence-electron chi connectivity index (χ4n) is 5.06. The molecule has 0 aromatic heterocycles. The number of rotatable bonds is 4. The fourth-order valence-corrected chi connectivity index (χ4v) is 5.06. The molecule has 0 radical (unpaired) electrons. The van der Waals surface area contributed by atoms with Crippen LogP contribution >= 0.6 is 0 Å². The number of fused-ring (bicyclic) bond motifs is 2. The van der Waals surface area contributed by atoms with E-state index >= 15 is 0 Å². The lowest BCUT2D eigenvalue weighted by Crippen LogP contribution is -2.46. The lowest BCUT2D eigenvalue weighted by Gasteiger charge is -2.39. The van der Waals surface area contributed by atoms with Crippen LogP contribution < -0.4 is 4.90 Å². The average molecular weight is 445 g/mol. The number of nitrogens with zero attached hydrogens (tertiary/aromatic N) is 2. The third-order valence-corrected chi connectivity index (χ3v) is 6.90. The van der Waals surface area contributed by atoms with Gasteiger partial charge in [-0.3, -0.25) is 9.69 Å². The number of piperidine rings is 1. The molecule has 1 spiro atoms. The number of hydrogen-bond acceptors (Lipinski definition) is 2. The molecular formula is C28H26F2N2O. The van der Waals surface area contributed by atoms with Gasteiger partial charge in [-0.1, -0.05) is 42.5 Å². The second-order valence-corrected chi connectivity index (χ2v) is 8.95. The van der Waals surface area contributed by atoms with Crippen LogP contribution in [0.3, 0.4) is 0 Å². The van der Waals surface area contributed by atoms with E-state index in [-0.39, 0.29) is 23.0 Å². The Kier molecular flexibility index (Phi) is 5.81. The van der Waals surface area contributed by atoms with E-state index in [1.165, 1.54) is 35.9 Å². The Balaban J connectivity index is 1.32. The molecule has 3 aromatic rings. The van der Waals surface area contributed by atoms with Crippen LogP contribution in [0, 0.1) is 11.6 Å². The second kappa shape index (κ2) is 8.91. The molecule has 2 heterocycles. The van der Waals surface area contributed by atoms with Crippen LogP contribution in [0.4, 0.5) is 14.5 Å². The maximum Gasteiger partial charge on any atom is 0.258 e. The third-order valence-electron chi connectivity index (χ3n) is 6.90. The van der Waals surface area contributed by atoms with Gasteiger partial charge in [-0.15, -0.1) is 0 Å². The number of carbonyl (C=O) groups is 1. The number of likely N-dealkylation sites (tertiary alicyclic amines) is 1. The smallest absolute Gasteiger partial charge is 0.258 e. The molecule has 0 unspecified atom stereocenters. The monoisotopic (exact) mass is 444 g/mol. The molecule has 0 saturated carbocycles. The van der Waals surface area contributed by atoms with Crippen molar-refractivity contribution in [1.29, 1.82) is 0 Å². The molecule has 3 nitrogen and oxygen atoms in total. The Bertz CT molecular complexity index is 1170. The van der Waals surface area contributed by atoms with Crippen LogP contribution in [-0.4, -0.2) is 37.0 Å². The fraction of sp³-hybridized carbons (Fsp3) is 0.250. The van der Waals surface area contributed by atoms with E-state index in [9.17, 15) is 13.6 Å². The van der Waals surface area contributed by atoms with Gasteiger partial charge in [0.05, 0.1) is 0 Å². The molecule has 0 aliphatic carbocycles. The SMILES string of the molecule is O=C(c1ccc(F)cc1)N1CC2(CCN(CC=Cc3ccccc3)CC2)c2cc(F)ccc21. The maximum atomic E-state index is 14.2. The first-order valence-electron chi connectivity index (χ1n) is 11.4. The van der Waals surface area contributed by atoms with Crippen molar-refractivity contribution in [2.24, 2.45) is 0 Å². The molecule has 1 fully saturated rings. The summed E-state index contributed by atoms with van der Waals surface area (Å²) in [7, 11) is 0. The minimum Gasteiger partial charge on any atom is -0.307 e. The lowest BCUT2D eigenvalue weighted by atomic mass is 9.74. The zero-order valence-corrected chi connectivity index (χ0v) is 18.4. The minimum atomic E-state index is -0.374. The van der Waals surface area contributed by atoms with Gasteiger partial charge in [0, 0.05) is 29.8 Å². The molecule has 5 heteroatoms. The van der Waals surface area contributed by atoms with Gasteiger partial charge in [-0.05, 0) is 79.5 Å². The first-order chi connectivity index (χ1) is 16.0. The quantitative estimate of drug-likeness (QED) is 0.518. The van der Waals surface area contributed by atoms with Crippen molar-refractivity contribution in [1.82, 2.24) is 4.90 Å². The van der Waals surface area contributed by atoms with E-state index in [0.29, 0.717) is 12.1 Å². The zero-order valence-electron chi connectivity index (χ0n) is 18.4. The Morgan fingerprint density at radius 1 is 0.909 bits per heavy atom. The van der Waals surface area contributed by atoms with Gasteiger partial charge in [0.15, 0.2) is 0 Å². The molecule has 0 atom stereocenters. The predicted octanol–water partition coefficient (Wildman–Crippen LogP) is 5.67. The number of amides is 1. The molecule has 1 saturated heterocycles. The average Bonchev–Trinajstić information content (AvgIpc) is 3.14. The first kappa shape index (κ1) is 21.5. The van der Waals surface area contributed by atoms with E-state index in [0.717, 1.165) is 43.7 Å². The summed E-state index contributed by atoms with van der Waals surface area (Å²) in [4.78, 5) is 17.4. The van der Waals surface area contributed by atoms with Crippen molar-refractivity contribution in [3.8, 4) is 0 Å². The van der Waals surface area contributed by atoms with E-state index in [1.54, 1.807) is 17.0 Å². The zero-order chi connectivity index (χ0) is 22.8. The molecule has 5 rings (SSSR count). The van der Waals surface area contributed by atoms with Crippen molar-refractivity contribution in [3.05, 3.63) is 107 Å². The highest BCUT2D eigenvalue weighted by atomic mass is 19.1. The molecule has 168 valence electrons. The highest BCUT2D eigenvalue weighted by molar-refractivity contribution is 6.07. The highest BCUT2D eigenvalue weighted by Gasteiger charge is 2.46. The van der Waals surface area contributed by atoms with Gasteiger partial charge in [0.2, 0.25) is 0 Å². The summed E-state index contributed by atoms with van der Waals surface area (Å²) in [5.74, 6) is -0.828. The summed E-state index contributed by atoms with van der Waals surface area (Å²) >= 11 is 0. The maximum absolute atomic E-state index is 14.2. The summed E-state index contributed by atoms with van der Waals surface area (Å²) in [6, 6.07) is 20.5. The van der Waals surface area contributed by atoms with E-state index in [1.807, 2.05) is 18.2 Å². The summed E-state index contributed by atoms with van der Waals surface area (Å²) in [5, 5.41) is 0. The van der Waals surface area contributed by atoms with Crippen molar-refractivity contribution in [3.63, 3.8) is 0 Å². The lowest BCUT2D eigenvalue weighted by molar-refractivity contribution is 0.0977. The summed E-state index contributed by atoms with van der Waals surface area (Å²) in [5.41, 5.74) is 3.04. The minimum absolute atomic E-state index is 0.173. The van der Waals surface area contributed by atoms with Crippen LogP contribution in [0.2, 0.25) is 0 Å². The standard InChI is InChI=1S/C28H26F2N2O/c29-23-10-8-22(9-11-23)27(33)32-20-28(25-19-24(30)12-13-26(25)32)14-17-31(18-15-28)16-4-7-21-5-2-1-3-6-21/h1-13,19H,14-18,20H2. The molecule has 3 aromatic carbocycles. The largest absolute Gasteiger partial charge is 0.307 e. The highest BCUT2D eigenvalue weighted by Crippen LogP contribution is 2.47. The molecule has 2 aliphatic rings. The van der Waals surface area contributed by atoms with Crippen molar-refractivity contribution in [2.45, 2.75) is 18.3 Å². The van der Waals surface area contributed by atoms with Gasteiger partial charge in [0.1, 0.15) is 11.6 Å². The van der Waals surface area contributed by atoms with Crippen LogP contribution in [0.5, 0.6) is 0 Å². The second-order valence-electron chi connectivity index (χ2n) is 8.95. The van der Waals surface area contributed by atoms with Crippen molar-refractivity contribution in [2.75, 3.05) is 31.1 Å². The van der Waals surface area contributed by atoms with Gasteiger partial charge in [-0.25, -0.2) is 8.78 Å². The topological polar surface area (TPSA) is 23.6 Å².